The number of amides is 1. The van der Waals surface area contributed by atoms with Crippen molar-refractivity contribution in [2.24, 2.45) is 0 Å². The Labute approximate surface area is 193 Å². The topological polar surface area (TPSA) is 73.2 Å². The Hall–Kier alpha value is -3.29. The van der Waals surface area contributed by atoms with Gasteiger partial charge in [0.05, 0.1) is 33.7 Å². The molecule has 0 aliphatic carbocycles. The molecule has 7 nitrogen and oxygen atoms in total. The molecule has 0 spiro atoms. The molecule has 0 unspecified atom stereocenters. The van der Waals surface area contributed by atoms with Crippen LogP contribution < -0.4 is 14.8 Å². The molecule has 1 aliphatic rings. The van der Waals surface area contributed by atoms with Crippen LogP contribution in [0.3, 0.4) is 0 Å². The number of benzene rings is 2. The van der Waals surface area contributed by atoms with Crippen LogP contribution in [0.25, 0.3) is 27.7 Å². The summed E-state index contributed by atoms with van der Waals surface area (Å²) >= 11 is 0. The Morgan fingerprint density at radius 2 is 1.85 bits per heavy atom. The number of nitrogens with one attached hydrogen (secondary N) is 1. The summed E-state index contributed by atoms with van der Waals surface area (Å²) in [6, 6.07) is 11.7. The van der Waals surface area contributed by atoms with Gasteiger partial charge in [-0.3, -0.25) is 9.69 Å². The number of hydrogen-bond acceptors (Lipinski definition) is 6. The summed E-state index contributed by atoms with van der Waals surface area (Å²) in [6.45, 7) is 6.63. The van der Waals surface area contributed by atoms with Crippen molar-refractivity contribution in [2.45, 2.75) is 6.92 Å². The van der Waals surface area contributed by atoms with Crippen LogP contribution in [0.5, 0.6) is 11.5 Å². The van der Waals surface area contributed by atoms with E-state index in [4.69, 9.17) is 18.6 Å². The second kappa shape index (κ2) is 10.6. The zero-order valence-corrected chi connectivity index (χ0v) is 19.3. The molecule has 1 amide bonds. The first-order valence-electron chi connectivity index (χ1n) is 11.1. The minimum Gasteiger partial charge on any atom is -0.496 e. The number of allylic oxidation sites excluding steroid dienone is 1. The Bertz CT molecular complexity index is 1140. The van der Waals surface area contributed by atoms with Crippen molar-refractivity contribution < 1.29 is 23.4 Å². The Morgan fingerprint density at radius 1 is 1.09 bits per heavy atom. The average molecular weight is 451 g/mol. The maximum atomic E-state index is 12.5. The van der Waals surface area contributed by atoms with Crippen molar-refractivity contribution in [3.05, 3.63) is 54.3 Å². The first-order valence-corrected chi connectivity index (χ1v) is 11.1. The van der Waals surface area contributed by atoms with Crippen molar-refractivity contribution in [1.29, 1.82) is 0 Å². The van der Waals surface area contributed by atoms with Crippen LogP contribution in [-0.2, 0) is 9.53 Å². The molecule has 1 fully saturated rings. The number of furan rings is 1. The largest absolute Gasteiger partial charge is 0.496 e. The van der Waals surface area contributed by atoms with Gasteiger partial charge >= 0.3 is 0 Å². The molecule has 1 N–H and O–H groups in total. The molecule has 1 aliphatic heterocycles. The third kappa shape index (κ3) is 5.21. The van der Waals surface area contributed by atoms with E-state index in [0.29, 0.717) is 17.9 Å². The summed E-state index contributed by atoms with van der Waals surface area (Å²) < 4.78 is 22.3. The fourth-order valence-electron chi connectivity index (χ4n) is 4.10. The molecule has 2 aromatic carbocycles. The third-order valence-electron chi connectivity index (χ3n) is 5.90. The molecule has 0 bridgehead atoms. The molecular weight excluding hydrogens is 420 g/mol. The number of nitrogens with zero attached hydrogens (tertiary/aromatic N) is 1. The number of rotatable bonds is 8. The van der Waals surface area contributed by atoms with Gasteiger partial charge in [0.1, 0.15) is 17.1 Å². The number of methoxy groups -OCH3 is 2. The van der Waals surface area contributed by atoms with Crippen molar-refractivity contribution in [2.75, 3.05) is 53.6 Å². The van der Waals surface area contributed by atoms with Gasteiger partial charge in [-0.15, -0.1) is 0 Å². The molecule has 4 rings (SSSR count). The quantitative estimate of drug-likeness (QED) is 0.524. The van der Waals surface area contributed by atoms with Gasteiger partial charge in [0.25, 0.3) is 0 Å². The maximum absolute atomic E-state index is 12.5. The highest BCUT2D eigenvalue weighted by Gasteiger charge is 2.17. The molecule has 1 aromatic heterocycles. The minimum absolute atomic E-state index is 0.125. The highest BCUT2D eigenvalue weighted by molar-refractivity contribution is 6.01. The van der Waals surface area contributed by atoms with Gasteiger partial charge in [-0.2, -0.15) is 0 Å². The first kappa shape index (κ1) is 22.9. The molecule has 0 atom stereocenters. The summed E-state index contributed by atoms with van der Waals surface area (Å²) in [6.07, 6.45) is 3.34. The van der Waals surface area contributed by atoms with E-state index in [1.54, 1.807) is 26.6 Å². The smallest absolute Gasteiger partial charge is 0.244 e. The lowest BCUT2D eigenvalue weighted by molar-refractivity contribution is -0.116. The number of para-hydroxylation sites is 1. The molecule has 33 heavy (non-hydrogen) atoms. The summed E-state index contributed by atoms with van der Waals surface area (Å²) in [7, 11) is 3.27. The van der Waals surface area contributed by atoms with Gasteiger partial charge < -0.3 is 23.9 Å². The predicted octanol–water partition coefficient (Wildman–Crippen LogP) is 3.97. The van der Waals surface area contributed by atoms with E-state index in [2.05, 4.69) is 10.2 Å². The van der Waals surface area contributed by atoms with Crippen molar-refractivity contribution >= 4 is 22.4 Å². The van der Waals surface area contributed by atoms with Gasteiger partial charge in [0, 0.05) is 60.4 Å². The van der Waals surface area contributed by atoms with Crippen molar-refractivity contribution in [3.8, 4) is 22.6 Å². The van der Waals surface area contributed by atoms with Crippen LogP contribution in [0.4, 0.5) is 0 Å². The number of ether oxygens (including phenoxy) is 3. The van der Waals surface area contributed by atoms with Crippen molar-refractivity contribution in [3.63, 3.8) is 0 Å². The van der Waals surface area contributed by atoms with Crippen LogP contribution >= 0.6 is 0 Å². The zero-order chi connectivity index (χ0) is 23.2. The Kier molecular flexibility index (Phi) is 7.32. The molecule has 0 radical (unpaired) electrons. The molecule has 7 heteroatoms. The fraction of sp³-hybridized carbons (Fsp3) is 0.346. The van der Waals surface area contributed by atoms with Crippen LogP contribution in [0.15, 0.2) is 53.2 Å². The van der Waals surface area contributed by atoms with Crippen molar-refractivity contribution in [1.82, 2.24) is 10.2 Å². The van der Waals surface area contributed by atoms with Gasteiger partial charge in [-0.05, 0) is 24.6 Å². The summed E-state index contributed by atoms with van der Waals surface area (Å²) in [5, 5.41) is 3.91. The molecule has 2 heterocycles. The van der Waals surface area contributed by atoms with Crippen LogP contribution in [0.1, 0.15) is 12.5 Å². The summed E-state index contributed by atoms with van der Waals surface area (Å²) in [5.41, 5.74) is 4.22. The number of morpholine rings is 1. The van der Waals surface area contributed by atoms with E-state index in [-0.39, 0.29) is 5.91 Å². The maximum Gasteiger partial charge on any atom is 0.244 e. The lowest BCUT2D eigenvalue weighted by Gasteiger charge is -2.26. The number of hydrogen-bond donors (Lipinski definition) is 1. The van der Waals surface area contributed by atoms with E-state index >= 15 is 0 Å². The Balaban J connectivity index is 1.57. The summed E-state index contributed by atoms with van der Waals surface area (Å²) in [5.74, 6) is 1.29. The fourth-order valence-corrected chi connectivity index (χ4v) is 4.10. The number of fused-ring (bicyclic) bond motifs is 1. The molecule has 3 aromatic rings. The van der Waals surface area contributed by atoms with E-state index in [1.165, 1.54) is 0 Å². The predicted molar refractivity (Wildman–Crippen MR) is 129 cm³/mol. The standard InChI is InChI=1S/C26H30N2O5/c1-18(14-26(29)27-8-9-28-10-12-32-13-11-28)20-15-21-22(17-33-25(21)16-24(20)31-3)19-6-4-5-7-23(19)30-2/h4-7,14-17H,8-13H2,1-3H3,(H,27,29)/b18-14+. The Morgan fingerprint density at radius 3 is 2.61 bits per heavy atom. The van der Waals surface area contributed by atoms with Crippen LogP contribution in [-0.4, -0.2) is 64.4 Å². The molecule has 1 saturated heterocycles. The lowest BCUT2D eigenvalue weighted by Crippen LogP contribution is -2.41. The minimum atomic E-state index is -0.125. The average Bonchev–Trinajstić information content (AvgIpc) is 3.26. The van der Waals surface area contributed by atoms with E-state index < -0.39 is 0 Å². The highest BCUT2D eigenvalue weighted by atomic mass is 16.5. The molecule has 174 valence electrons. The van der Waals surface area contributed by atoms with E-state index in [0.717, 1.165) is 66.2 Å². The van der Waals surface area contributed by atoms with Crippen LogP contribution in [0, 0.1) is 0 Å². The zero-order valence-electron chi connectivity index (χ0n) is 19.3. The summed E-state index contributed by atoms with van der Waals surface area (Å²) in [4.78, 5) is 14.8. The second-order valence-electron chi connectivity index (χ2n) is 7.97. The molecule has 0 saturated carbocycles. The third-order valence-corrected chi connectivity index (χ3v) is 5.90. The number of carbonyl (C=O) groups is 1. The highest BCUT2D eigenvalue weighted by Crippen LogP contribution is 2.40. The van der Waals surface area contributed by atoms with Crippen LogP contribution in [0.2, 0.25) is 0 Å². The SMILES string of the molecule is COc1cc2occ(-c3ccccc3OC)c2cc1/C(C)=C/C(=O)NCCN1CCOCC1. The number of carbonyl (C=O) groups excluding carboxylic acids is 1. The first-order chi connectivity index (χ1) is 16.1. The van der Waals surface area contributed by atoms with Gasteiger partial charge in [0.2, 0.25) is 5.91 Å². The normalized spacial score (nSPS) is 14.9. The second-order valence-corrected chi connectivity index (χ2v) is 7.97. The van der Waals surface area contributed by atoms with Gasteiger partial charge in [0.15, 0.2) is 0 Å². The van der Waals surface area contributed by atoms with E-state index in [1.807, 2.05) is 43.3 Å². The van der Waals surface area contributed by atoms with Gasteiger partial charge in [-0.25, -0.2) is 0 Å². The van der Waals surface area contributed by atoms with Gasteiger partial charge in [-0.1, -0.05) is 18.2 Å². The lowest BCUT2D eigenvalue weighted by atomic mass is 9.99. The molecular formula is C26H30N2O5. The van der Waals surface area contributed by atoms with E-state index in [9.17, 15) is 4.79 Å². The monoisotopic (exact) mass is 450 g/mol.